The largest absolute Gasteiger partial charge is 0.309 e. The van der Waals surface area contributed by atoms with Gasteiger partial charge in [0.05, 0.1) is 22.1 Å². The summed E-state index contributed by atoms with van der Waals surface area (Å²) in [5.41, 5.74) is 17.0. The number of hydrogen-bond donors (Lipinski definition) is 0. The minimum atomic E-state index is 1.18. The third kappa shape index (κ3) is 5.95. The molecule has 0 N–H and O–H groups in total. The lowest BCUT2D eigenvalue weighted by Crippen LogP contribution is -1.92. The van der Waals surface area contributed by atoms with Crippen LogP contribution in [0.3, 0.4) is 0 Å². The smallest absolute Gasteiger partial charge is 0.0541 e. The highest BCUT2D eigenvalue weighted by molar-refractivity contribution is 6.12. The van der Waals surface area contributed by atoms with E-state index in [0.29, 0.717) is 0 Å². The second kappa shape index (κ2) is 14.6. The first kappa shape index (κ1) is 36.2. The highest BCUT2D eigenvalue weighted by Gasteiger charge is 2.15. The quantitative estimate of drug-likeness (QED) is 0.158. The molecule has 64 heavy (non-hydrogen) atoms. The van der Waals surface area contributed by atoms with E-state index in [2.05, 4.69) is 252 Å². The van der Waals surface area contributed by atoms with Gasteiger partial charge in [-0.15, -0.1) is 0 Å². The molecule has 2 heteroatoms. The van der Waals surface area contributed by atoms with Gasteiger partial charge in [-0.1, -0.05) is 158 Å². The third-order valence-electron chi connectivity index (χ3n) is 13.3. The van der Waals surface area contributed by atoms with Crippen molar-refractivity contribution < 1.29 is 0 Å². The maximum atomic E-state index is 2.37. The first-order valence-electron chi connectivity index (χ1n) is 22.1. The van der Waals surface area contributed by atoms with Crippen molar-refractivity contribution in [1.29, 1.82) is 0 Å². The lowest BCUT2D eigenvalue weighted by molar-refractivity contribution is 1.18. The van der Waals surface area contributed by atoms with Crippen molar-refractivity contribution in [1.82, 2.24) is 9.13 Å². The lowest BCUT2D eigenvalue weighted by atomic mass is 9.95. The monoisotopic (exact) mass is 812 g/mol. The Morgan fingerprint density at radius 1 is 0.188 bits per heavy atom. The van der Waals surface area contributed by atoms with Crippen LogP contribution in [0.5, 0.6) is 0 Å². The van der Waals surface area contributed by atoms with Gasteiger partial charge in [0, 0.05) is 32.9 Å². The minimum absolute atomic E-state index is 1.18. The molecular weight excluding hydrogens is 773 g/mol. The summed E-state index contributed by atoms with van der Waals surface area (Å²) in [6.45, 7) is 0. The summed E-state index contributed by atoms with van der Waals surface area (Å²) in [5, 5.41) is 10.0. The number of nitrogens with zero attached hydrogens (tertiary/aromatic N) is 2. The van der Waals surface area contributed by atoms with Gasteiger partial charge in [0.25, 0.3) is 0 Å². The van der Waals surface area contributed by atoms with Crippen molar-refractivity contribution in [3.05, 3.63) is 243 Å². The van der Waals surface area contributed by atoms with Crippen LogP contribution in [-0.2, 0) is 0 Å². The molecule has 298 valence electrons. The summed E-state index contributed by atoms with van der Waals surface area (Å²) in [6, 6.07) is 88.9. The molecule has 0 saturated heterocycles. The maximum absolute atomic E-state index is 2.37. The van der Waals surface area contributed by atoms with Crippen LogP contribution in [0, 0.1) is 0 Å². The number of rotatable bonds is 6. The maximum Gasteiger partial charge on any atom is 0.0541 e. The van der Waals surface area contributed by atoms with Crippen molar-refractivity contribution in [2.45, 2.75) is 0 Å². The predicted molar refractivity (Wildman–Crippen MR) is 272 cm³/mol. The van der Waals surface area contributed by atoms with Crippen molar-refractivity contribution in [3.8, 4) is 55.9 Å². The van der Waals surface area contributed by atoms with Crippen LogP contribution in [0.15, 0.2) is 243 Å². The molecule has 0 aliphatic heterocycles. The van der Waals surface area contributed by atoms with E-state index < -0.39 is 0 Å². The van der Waals surface area contributed by atoms with Crippen LogP contribution < -0.4 is 0 Å². The van der Waals surface area contributed by atoms with Gasteiger partial charge in [0.1, 0.15) is 0 Å². The molecule has 2 aromatic heterocycles. The van der Waals surface area contributed by atoms with Gasteiger partial charge in [0.2, 0.25) is 0 Å². The molecule has 13 rings (SSSR count). The van der Waals surface area contributed by atoms with E-state index in [-0.39, 0.29) is 0 Å². The van der Waals surface area contributed by atoms with E-state index in [0.717, 1.165) is 0 Å². The van der Waals surface area contributed by atoms with Crippen molar-refractivity contribution >= 4 is 65.2 Å². The fourth-order valence-corrected chi connectivity index (χ4v) is 10.1. The average Bonchev–Trinajstić information content (AvgIpc) is 3.88. The number of fused-ring (bicyclic) bond motifs is 8. The standard InChI is InChI=1S/C62H40N2/c1-3-11-53(12-4-1)63-59-17-9-7-15-55(59)57-39-51(31-33-61(57)63)49-29-27-45-35-43(23-25-47(45)37-49)41-19-21-42(22-20-41)44-24-26-48-38-50(30-28-46(48)36-44)52-32-34-62-58(40-52)56-16-8-10-18-60(56)64(62)54-13-5-2-6-14-54/h1-40H. The van der Waals surface area contributed by atoms with E-state index in [4.69, 9.17) is 0 Å². The number of benzene rings is 11. The zero-order valence-corrected chi connectivity index (χ0v) is 35.0. The summed E-state index contributed by atoms with van der Waals surface area (Å²) in [5.74, 6) is 0. The number of para-hydroxylation sites is 4. The molecule has 2 nitrogen and oxygen atoms in total. The Bertz CT molecular complexity index is 3670. The molecular formula is C62H40N2. The first-order chi connectivity index (χ1) is 31.7. The summed E-state index contributed by atoms with van der Waals surface area (Å²) < 4.78 is 4.74. The van der Waals surface area contributed by atoms with E-state index >= 15 is 0 Å². The highest BCUT2D eigenvalue weighted by atomic mass is 15.0. The minimum Gasteiger partial charge on any atom is -0.309 e. The van der Waals surface area contributed by atoms with E-state index in [1.807, 2.05) is 0 Å². The van der Waals surface area contributed by atoms with Crippen molar-refractivity contribution in [3.63, 3.8) is 0 Å². The zero-order chi connectivity index (χ0) is 42.1. The third-order valence-corrected chi connectivity index (χ3v) is 13.3. The Balaban J connectivity index is 0.766. The zero-order valence-electron chi connectivity index (χ0n) is 35.0. The van der Waals surface area contributed by atoms with E-state index in [9.17, 15) is 0 Å². The molecule has 0 unspecified atom stereocenters. The number of aromatic nitrogens is 2. The molecule has 0 spiro atoms. The average molecular weight is 813 g/mol. The molecule has 0 fully saturated rings. The predicted octanol–water partition coefficient (Wildman–Crippen LogP) is 16.9. The Morgan fingerprint density at radius 2 is 0.469 bits per heavy atom. The van der Waals surface area contributed by atoms with Crippen LogP contribution >= 0.6 is 0 Å². The summed E-state index contributed by atoms with van der Waals surface area (Å²) >= 11 is 0. The van der Waals surface area contributed by atoms with Gasteiger partial charge in [-0.2, -0.15) is 0 Å². The van der Waals surface area contributed by atoms with E-state index in [1.165, 1.54) is 121 Å². The van der Waals surface area contributed by atoms with Crippen LogP contribution in [-0.4, -0.2) is 9.13 Å². The lowest BCUT2D eigenvalue weighted by Gasteiger charge is -2.10. The molecule has 0 bridgehead atoms. The molecule has 0 aliphatic carbocycles. The first-order valence-corrected chi connectivity index (χ1v) is 22.1. The number of hydrogen-bond acceptors (Lipinski definition) is 0. The molecule has 0 amide bonds. The summed E-state index contributed by atoms with van der Waals surface area (Å²) in [7, 11) is 0. The van der Waals surface area contributed by atoms with Gasteiger partial charge in [-0.3, -0.25) is 0 Å². The molecule has 0 aliphatic rings. The van der Waals surface area contributed by atoms with Gasteiger partial charge in [0.15, 0.2) is 0 Å². The molecule has 2 heterocycles. The molecule has 11 aromatic carbocycles. The van der Waals surface area contributed by atoms with Gasteiger partial charge in [-0.25, -0.2) is 0 Å². The van der Waals surface area contributed by atoms with Crippen molar-refractivity contribution in [2.24, 2.45) is 0 Å². The summed E-state index contributed by atoms with van der Waals surface area (Å²) in [6.07, 6.45) is 0. The van der Waals surface area contributed by atoms with Crippen LogP contribution in [0.1, 0.15) is 0 Å². The van der Waals surface area contributed by atoms with Crippen LogP contribution in [0.25, 0.3) is 121 Å². The Kier molecular flexibility index (Phi) is 8.25. The molecule has 0 radical (unpaired) electrons. The summed E-state index contributed by atoms with van der Waals surface area (Å²) in [4.78, 5) is 0. The second-order valence-corrected chi connectivity index (χ2v) is 17.0. The van der Waals surface area contributed by atoms with Crippen molar-refractivity contribution in [2.75, 3.05) is 0 Å². The van der Waals surface area contributed by atoms with Gasteiger partial charge >= 0.3 is 0 Å². The fraction of sp³-hybridized carbons (Fsp3) is 0. The fourth-order valence-electron chi connectivity index (χ4n) is 10.1. The molecule has 13 aromatic rings. The topological polar surface area (TPSA) is 9.86 Å². The van der Waals surface area contributed by atoms with Gasteiger partial charge in [-0.05, 0) is 151 Å². The van der Waals surface area contributed by atoms with Crippen LogP contribution in [0.4, 0.5) is 0 Å². The molecule has 0 atom stereocenters. The SMILES string of the molecule is c1ccc(-n2c3ccccc3c3cc(-c4ccc5cc(-c6ccc(-c7ccc8cc(-c9ccc%10c(c9)c9ccccc9n%10-c9ccccc9)ccc8c7)cc6)ccc5c4)ccc32)cc1. The van der Waals surface area contributed by atoms with Gasteiger partial charge < -0.3 is 9.13 Å². The Labute approximate surface area is 371 Å². The van der Waals surface area contributed by atoms with E-state index in [1.54, 1.807) is 0 Å². The second-order valence-electron chi connectivity index (χ2n) is 17.0. The normalized spacial score (nSPS) is 11.8. The Hall–Kier alpha value is -8.46. The molecule has 0 saturated carbocycles. The highest BCUT2D eigenvalue weighted by Crippen LogP contribution is 2.38. The Morgan fingerprint density at radius 3 is 0.859 bits per heavy atom. The van der Waals surface area contributed by atoms with Crippen LogP contribution in [0.2, 0.25) is 0 Å².